The van der Waals surface area contributed by atoms with Gasteiger partial charge in [0.05, 0.1) is 12.1 Å². The van der Waals surface area contributed by atoms with Crippen molar-refractivity contribution in [3.05, 3.63) is 93.5 Å². The number of nitriles is 1. The highest BCUT2D eigenvalue weighted by molar-refractivity contribution is 5.83. The van der Waals surface area contributed by atoms with Crippen molar-refractivity contribution >= 4 is 10.9 Å². The maximum absolute atomic E-state index is 13.2. The van der Waals surface area contributed by atoms with Crippen LogP contribution in [0.1, 0.15) is 36.4 Å². The minimum absolute atomic E-state index is 0.129. The van der Waals surface area contributed by atoms with Gasteiger partial charge in [-0.2, -0.15) is 10.5 Å². The van der Waals surface area contributed by atoms with E-state index in [9.17, 15) is 10.1 Å². The van der Waals surface area contributed by atoms with Gasteiger partial charge in [0, 0.05) is 22.3 Å². The van der Waals surface area contributed by atoms with Gasteiger partial charge in [-0.15, -0.1) is 10.2 Å². The van der Waals surface area contributed by atoms with Gasteiger partial charge in [-0.25, -0.2) is 0 Å². The molecule has 2 aromatic carbocycles. The molecule has 0 spiro atoms. The van der Waals surface area contributed by atoms with E-state index in [0.717, 1.165) is 57.4 Å². The van der Waals surface area contributed by atoms with Crippen molar-refractivity contribution in [3.8, 4) is 28.6 Å². The summed E-state index contributed by atoms with van der Waals surface area (Å²) < 4.78 is 1.69. The molecule has 3 aromatic heterocycles. The van der Waals surface area contributed by atoms with Gasteiger partial charge < -0.3 is 4.57 Å². The molecule has 0 fully saturated rings. The fourth-order valence-corrected chi connectivity index (χ4v) is 4.36. The minimum atomic E-state index is -0.290. The number of aromatic nitrogens is 6. The van der Waals surface area contributed by atoms with E-state index in [2.05, 4.69) is 26.7 Å². The molecular weight excluding hydrogens is 438 g/mol. The lowest BCUT2D eigenvalue weighted by Crippen LogP contribution is -2.24. The third-order valence-electron chi connectivity index (χ3n) is 6.16. The summed E-state index contributed by atoms with van der Waals surface area (Å²) in [5.74, 6) is 0.531. The number of tetrazole rings is 1. The van der Waals surface area contributed by atoms with E-state index in [4.69, 9.17) is 4.98 Å². The van der Waals surface area contributed by atoms with Gasteiger partial charge in [-0.1, -0.05) is 62.4 Å². The Hall–Kier alpha value is -4.64. The molecule has 172 valence electrons. The summed E-state index contributed by atoms with van der Waals surface area (Å²) in [6.45, 7) is 4.44. The number of fused-ring (bicyclic) bond motifs is 1. The van der Waals surface area contributed by atoms with Crippen molar-refractivity contribution in [2.45, 2.75) is 33.2 Å². The molecule has 8 heteroatoms. The minimum Gasteiger partial charge on any atom is -0.303 e. The second kappa shape index (κ2) is 9.31. The summed E-state index contributed by atoms with van der Waals surface area (Å²) in [6, 6.07) is 21.6. The molecule has 1 N–H and O–H groups in total. The zero-order valence-corrected chi connectivity index (χ0v) is 19.5. The fourth-order valence-electron chi connectivity index (χ4n) is 4.36. The van der Waals surface area contributed by atoms with E-state index in [1.807, 2.05) is 68.4 Å². The number of nitrogens with zero attached hydrogens (tertiary/aromatic N) is 6. The lowest BCUT2D eigenvalue weighted by Gasteiger charge is -2.15. The smallest absolute Gasteiger partial charge is 0.269 e. The molecule has 0 aliphatic heterocycles. The molecule has 0 atom stereocenters. The molecule has 0 radical (unpaired) electrons. The molecule has 5 rings (SSSR count). The average molecular weight is 462 g/mol. The van der Waals surface area contributed by atoms with E-state index in [1.54, 1.807) is 10.6 Å². The van der Waals surface area contributed by atoms with E-state index < -0.39 is 0 Å². The van der Waals surface area contributed by atoms with Crippen LogP contribution >= 0.6 is 0 Å². The largest absolute Gasteiger partial charge is 0.303 e. The van der Waals surface area contributed by atoms with Crippen LogP contribution < -0.4 is 5.56 Å². The molecule has 35 heavy (non-hydrogen) atoms. The van der Waals surface area contributed by atoms with E-state index in [1.165, 1.54) is 0 Å². The molecule has 0 saturated carbocycles. The van der Waals surface area contributed by atoms with Crippen LogP contribution in [0.15, 0.2) is 65.5 Å². The maximum atomic E-state index is 13.2. The first-order chi connectivity index (χ1) is 17.1. The second-order valence-electron chi connectivity index (χ2n) is 8.24. The van der Waals surface area contributed by atoms with Gasteiger partial charge >= 0.3 is 0 Å². The Morgan fingerprint density at radius 3 is 2.43 bits per heavy atom. The van der Waals surface area contributed by atoms with Gasteiger partial charge in [-0.3, -0.25) is 9.78 Å². The van der Waals surface area contributed by atoms with Crippen LogP contribution in [0.2, 0.25) is 0 Å². The summed E-state index contributed by atoms with van der Waals surface area (Å²) in [7, 11) is 0. The van der Waals surface area contributed by atoms with Gasteiger partial charge in [0.25, 0.3) is 5.56 Å². The average Bonchev–Trinajstić information content (AvgIpc) is 3.45. The Morgan fingerprint density at radius 1 is 1.00 bits per heavy atom. The van der Waals surface area contributed by atoms with Gasteiger partial charge in [-0.05, 0) is 46.9 Å². The maximum Gasteiger partial charge on any atom is 0.269 e. The van der Waals surface area contributed by atoms with Gasteiger partial charge in [0.2, 0.25) is 5.82 Å². The number of nitrogens with one attached hydrogen (secondary N) is 1. The van der Waals surface area contributed by atoms with Crippen molar-refractivity contribution < 1.29 is 0 Å². The van der Waals surface area contributed by atoms with Crippen molar-refractivity contribution in [2.24, 2.45) is 0 Å². The third-order valence-corrected chi connectivity index (χ3v) is 6.16. The highest BCUT2D eigenvalue weighted by Gasteiger charge is 2.15. The van der Waals surface area contributed by atoms with E-state index in [0.29, 0.717) is 12.4 Å². The first-order valence-electron chi connectivity index (χ1n) is 11.5. The molecule has 3 heterocycles. The highest BCUT2D eigenvalue weighted by atomic mass is 16.1. The molecule has 8 nitrogen and oxygen atoms in total. The first-order valence-corrected chi connectivity index (χ1v) is 11.5. The Labute approximate surface area is 201 Å². The lowest BCUT2D eigenvalue weighted by molar-refractivity contribution is 0.787. The molecule has 0 aliphatic carbocycles. The zero-order valence-electron chi connectivity index (χ0n) is 19.5. The number of hydrogen-bond donors (Lipinski definition) is 1. The van der Waals surface area contributed by atoms with Crippen LogP contribution in [0.25, 0.3) is 33.4 Å². The number of rotatable bonds is 6. The van der Waals surface area contributed by atoms with Crippen molar-refractivity contribution in [1.29, 1.82) is 5.26 Å². The van der Waals surface area contributed by atoms with Crippen LogP contribution in [-0.4, -0.2) is 30.2 Å². The van der Waals surface area contributed by atoms with Gasteiger partial charge in [0.15, 0.2) is 0 Å². The van der Waals surface area contributed by atoms with Crippen molar-refractivity contribution in [2.75, 3.05) is 0 Å². The summed E-state index contributed by atoms with van der Waals surface area (Å²) in [4.78, 5) is 17.9. The molecule has 0 unspecified atom stereocenters. The van der Waals surface area contributed by atoms with Crippen LogP contribution in [0.4, 0.5) is 0 Å². The zero-order chi connectivity index (χ0) is 24.4. The topological polar surface area (TPSA) is 113 Å². The number of aryl methyl sites for hydroxylation is 2. The van der Waals surface area contributed by atoms with Crippen LogP contribution in [0.3, 0.4) is 0 Å². The number of hydrogen-bond acceptors (Lipinski definition) is 6. The van der Waals surface area contributed by atoms with Crippen molar-refractivity contribution in [1.82, 2.24) is 30.2 Å². The fraction of sp³-hybridized carbons (Fsp3) is 0.185. The summed E-state index contributed by atoms with van der Waals surface area (Å²) in [5, 5.41) is 24.8. The van der Waals surface area contributed by atoms with Crippen LogP contribution in [-0.2, 0) is 19.4 Å². The quantitative estimate of drug-likeness (QED) is 0.404. The SMILES string of the molecule is CCc1cc2c(cc(C#N)c(=O)n2Cc2ccc(-c3ccccc3-c3nn[nH]n3)cc2)c(CC)n1. The normalized spacial score (nSPS) is 11.0. The summed E-state index contributed by atoms with van der Waals surface area (Å²) >= 11 is 0. The number of pyridine rings is 2. The van der Waals surface area contributed by atoms with Crippen LogP contribution in [0.5, 0.6) is 0 Å². The number of H-pyrrole nitrogens is 1. The molecule has 0 amide bonds. The Bertz CT molecular complexity index is 1610. The van der Waals surface area contributed by atoms with Crippen molar-refractivity contribution in [3.63, 3.8) is 0 Å². The molecular formula is C27H23N7O. The molecule has 0 aliphatic rings. The molecule has 0 bridgehead atoms. The Kier molecular flexibility index (Phi) is 5.90. The summed E-state index contributed by atoms with van der Waals surface area (Å²) in [5.41, 5.74) is 6.30. The highest BCUT2D eigenvalue weighted by Crippen LogP contribution is 2.30. The second-order valence-corrected chi connectivity index (χ2v) is 8.24. The predicted octanol–water partition coefficient (Wildman–Crippen LogP) is 4.29. The third kappa shape index (κ3) is 4.08. The monoisotopic (exact) mass is 461 g/mol. The Morgan fingerprint density at radius 2 is 1.77 bits per heavy atom. The van der Waals surface area contributed by atoms with E-state index >= 15 is 0 Å². The van der Waals surface area contributed by atoms with Gasteiger partial charge in [0.1, 0.15) is 11.6 Å². The summed E-state index contributed by atoms with van der Waals surface area (Å²) in [6.07, 6.45) is 1.49. The van der Waals surface area contributed by atoms with E-state index in [-0.39, 0.29) is 11.1 Å². The Balaban J connectivity index is 1.58. The number of aromatic amines is 1. The first kappa shape index (κ1) is 22.2. The standard InChI is InChI=1S/C27H23N7O/c1-3-20-14-25-23(24(4-2)29-20)13-19(15-28)27(35)34(25)16-17-9-11-18(12-10-17)21-7-5-6-8-22(21)26-30-32-33-31-26/h5-14H,3-4,16H2,1-2H3,(H,30,31,32,33). The molecule has 5 aromatic rings. The lowest BCUT2D eigenvalue weighted by atomic mass is 9.98. The molecule has 0 saturated heterocycles. The number of benzene rings is 2. The predicted molar refractivity (Wildman–Crippen MR) is 134 cm³/mol. The van der Waals surface area contributed by atoms with Crippen LogP contribution in [0, 0.1) is 11.3 Å².